The number of carboxylic acid groups (broad SMARTS) is 1. The van der Waals surface area contributed by atoms with Crippen molar-refractivity contribution in [1.29, 1.82) is 0 Å². The molecule has 0 radical (unpaired) electrons. The van der Waals surface area contributed by atoms with Crippen LogP contribution < -0.4 is 10.1 Å². The molecule has 1 rings (SSSR count). The van der Waals surface area contributed by atoms with Gasteiger partial charge in [-0.2, -0.15) is 0 Å². The van der Waals surface area contributed by atoms with Gasteiger partial charge in [-0.1, -0.05) is 6.07 Å². The Morgan fingerprint density at radius 3 is 2.83 bits per heavy atom. The molecular formula is C12H14FNO4. The number of carbonyl (C=O) groups is 2. The monoisotopic (exact) mass is 255 g/mol. The Bertz CT molecular complexity index is 436. The van der Waals surface area contributed by atoms with Crippen LogP contribution in [0.4, 0.5) is 4.39 Å². The number of carboxylic acids is 1. The molecule has 5 nitrogen and oxygen atoms in total. The first kappa shape index (κ1) is 14.0. The molecule has 2 N–H and O–H groups in total. The van der Waals surface area contributed by atoms with Crippen molar-refractivity contribution >= 4 is 11.9 Å². The second-order valence-corrected chi connectivity index (χ2v) is 3.76. The van der Waals surface area contributed by atoms with Crippen LogP contribution in [0.25, 0.3) is 0 Å². The summed E-state index contributed by atoms with van der Waals surface area (Å²) in [5.74, 6) is -1.63. The van der Waals surface area contributed by atoms with E-state index < -0.39 is 30.3 Å². The third kappa shape index (κ3) is 5.29. The summed E-state index contributed by atoms with van der Waals surface area (Å²) in [6.07, 6.45) is -0.468. The van der Waals surface area contributed by atoms with Crippen LogP contribution in [0, 0.1) is 5.82 Å². The Morgan fingerprint density at radius 1 is 1.50 bits per heavy atom. The molecular weight excluding hydrogens is 241 g/mol. The molecule has 1 aromatic rings. The van der Waals surface area contributed by atoms with Gasteiger partial charge in [0.1, 0.15) is 24.2 Å². The number of rotatable bonds is 6. The van der Waals surface area contributed by atoms with E-state index in [1.807, 2.05) is 0 Å². The van der Waals surface area contributed by atoms with Crippen molar-refractivity contribution in [3.05, 3.63) is 30.1 Å². The molecule has 0 bridgehead atoms. The highest BCUT2D eigenvalue weighted by atomic mass is 19.1. The molecule has 0 aliphatic carbocycles. The normalized spacial score (nSPS) is 11.7. The van der Waals surface area contributed by atoms with Crippen molar-refractivity contribution in [2.45, 2.75) is 19.4 Å². The molecule has 0 aliphatic rings. The zero-order chi connectivity index (χ0) is 13.5. The second-order valence-electron chi connectivity index (χ2n) is 3.76. The average molecular weight is 255 g/mol. The van der Waals surface area contributed by atoms with Crippen LogP contribution in [0.2, 0.25) is 0 Å². The van der Waals surface area contributed by atoms with E-state index in [0.717, 1.165) is 0 Å². The first-order valence-corrected chi connectivity index (χ1v) is 5.38. The van der Waals surface area contributed by atoms with Crippen molar-refractivity contribution in [2.24, 2.45) is 0 Å². The van der Waals surface area contributed by atoms with Gasteiger partial charge in [-0.3, -0.25) is 9.59 Å². The first-order valence-electron chi connectivity index (χ1n) is 5.38. The topological polar surface area (TPSA) is 75.6 Å². The van der Waals surface area contributed by atoms with Crippen molar-refractivity contribution in [3.8, 4) is 5.75 Å². The van der Waals surface area contributed by atoms with Crippen LogP contribution in [-0.2, 0) is 9.59 Å². The smallest absolute Gasteiger partial charge is 0.322 e. The molecule has 0 fully saturated rings. The third-order valence-corrected chi connectivity index (χ3v) is 2.04. The van der Waals surface area contributed by atoms with Crippen molar-refractivity contribution in [2.75, 3.05) is 6.54 Å². The Hall–Kier alpha value is -2.11. The molecule has 0 aliphatic heterocycles. The van der Waals surface area contributed by atoms with Crippen LogP contribution in [0.5, 0.6) is 5.75 Å². The summed E-state index contributed by atoms with van der Waals surface area (Å²) in [6, 6.07) is 5.58. The zero-order valence-corrected chi connectivity index (χ0v) is 9.85. The fourth-order valence-corrected chi connectivity index (χ4v) is 1.32. The largest absolute Gasteiger partial charge is 0.490 e. The number of hydrogen-bond donors (Lipinski definition) is 2. The minimum atomic E-state index is -1.11. The van der Waals surface area contributed by atoms with Crippen LogP contribution >= 0.6 is 0 Å². The standard InChI is InChI=1S/C12H14FNO4/c1-8(5-11(15)14-7-12(16)17)18-10-4-2-3-9(13)6-10/h2-4,6,8H,5,7H2,1H3,(H,14,15)(H,16,17). The molecule has 0 saturated carbocycles. The number of benzene rings is 1. The predicted octanol–water partition coefficient (Wildman–Crippen LogP) is 1.18. The summed E-state index contributed by atoms with van der Waals surface area (Å²) >= 11 is 0. The minimum Gasteiger partial charge on any atom is -0.490 e. The van der Waals surface area contributed by atoms with E-state index in [1.165, 1.54) is 18.2 Å². The Labute approximate surface area is 104 Å². The van der Waals surface area contributed by atoms with E-state index >= 15 is 0 Å². The SMILES string of the molecule is CC(CC(=O)NCC(=O)O)Oc1cccc(F)c1. The van der Waals surface area contributed by atoms with E-state index in [2.05, 4.69) is 5.32 Å². The van der Waals surface area contributed by atoms with Crippen LogP contribution in [0.15, 0.2) is 24.3 Å². The summed E-state index contributed by atoms with van der Waals surface area (Å²) in [6.45, 7) is 1.22. The van der Waals surface area contributed by atoms with Crippen LogP contribution in [-0.4, -0.2) is 29.6 Å². The van der Waals surface area contributed by atoms with Crippen molar-refractivity contribution in [1.82, 2.24) is 5.32 Å². The fraction of sp³-hybridized carbons (Fsp3) is 0.333. The number of hydrogen-bond acceptors (Lipinski definition) is 3. The van der Waals surface area contributed by atoms with E-state index in [0.29, 0.717) is 5.75 Å². The summed E-state index contributed by atoms with van der Waals surface area (Å²) < 4.78 is 18.2. The Balaban J connectivity index is 2.39. The lowest BCUT2D eigenvalue weighted by molar-refractivity contribution is -0.138. The first-order chi connectivity index (χ1) is 8.47. The Morgan fingerprint density at radius 2 is 2.22 bits per heavy atom. The van der Waals surface area contributed by atoms with Gasteiger partial charge < -0.3 is 15.2 Å². The number of nitrogens with one attached hydrogen (secondary N) is 1. The lowest BCUT2D eigenvalue weighted by Gasteiger charge is -2.14. The van der Waals surface area contributed by atoms with Gasteiger partial charge >= 0.3 is 5.97 Å². The maximum atomic E-state index is 12.9. The highest BCUT2D eigenvalue weighted by molar-refractivity contribution is 5.81. The molecule has 98 valence electrons. The summed E-state index contributed by atoms with van der Waals surface area (Å²) in [5, 5.41) is 10.6. The van der Waals surface area contributed by atoms with Crippen LogP contribution in [0.3, 0.4) is 0 Å². The zero-order valence-electron chi connectivity index (χ0n) is 9.85. The fourth-order valence-electron chi connectivity index (χ4n) is 1.32. The number of aliphatic carboxylic acids is 1. The number of carbonyl (C=O) groups excluding carboxylic acids is 1. The molecule has 0 aromatic heterocycles. The van der Waals surface area contributed by atoms with E-state index in [1.54, 1.807) is 13.0 Å². The molecule has 1 amide bonds. The maximum absolute atomic E-state index is 12.9. The van der Waals surface area contributed by atoms with E-state index in [-0.39, 0.29) is 6.42 Å². The molecule has 0 saturated heterocycles. The van der Waals surface area contributed by atoms with Gasteiger partial charge in [0.25, 0.3) is 0 Å². The van der Waals surface area contributed by atoms with Crippen LogP contribution in [0.1, 0.15) is 13.3 Å². The van der Waals surface area contributed by atoms with Gasteiger partial charge in [0, 0.05) is 6.07 Å². The van der Waals surface area contributed by atoms with Crippen molar-refractivity contribution < 1.29 is 23.8 Å². The van der Waals surface area contributed by atoms with Gasteiger partial charge in [-0.05, 0) is 19.1 Å². The summed E-state index contributed by atoms with van der Waals surface area (Å²) in [4.78, 5) is 21.5. The van der Waals surface area contributed by atoms with E-state index in [4.69, 9.17) is 9.84 Å². The number of amides is 1. The van der Waals surface area contributed by atoms with Gasteiger partial charge in [-0.25, -0.2) is 4.39 Å². The summed E-state index contributed by atoms with van der Waals surface area (Å²) in [5.41, 5.74) is 0. The minimum absolute atomic E-state index is 0.00376. The Kier molecular flexibility index (Phi) is 5.10. The molecule has 1 aromatic carbocycles. The molecule has 18 heavy (non-hydrogen) atoms. The molecule has 0 heterocycles. The quantitative estimate of drug-likeness (QED) is 0.800. The van der Waals surface area contributed by atoms with Gasteiger partial charge in [0.15, 0.2) is 0 Å². The number of halogens is 1. The maximum Gasteiger partial charge on any atom is 0.322 e. The average Bonchev–Trinajstić information content (AvgIpc) is 2.26. The predicted molar refractivity (Wildman–Crippen MR) is 61.8 cm³/mol. The lowest BCUT2D eigenvalue weighted by atomic mass is 10.2. The number of ether oxygens (including phenoxy) is 1. The second kappa shape index (κ2) is 6.58. The summed E-state index contributed by atoms with van der Waals surface area (Å²) in [7, 11) is 0. The third-order valence-electron chi connectivity index (χ3n) is 2.04. The highest BCUT2D eigenvalue weighted by Crippen LogP contribution is 2.14. The van der Waals surface area contributed by atoms with Gasteiger partial charge in [0.05, 0.1) is 6.42 Å². The van der Waals surface area contributed by atoms with Gasteiger partial charge in [0.2, 0.25) is 5.91 Å². The lowest BCUT2D eigenvalue weighted by Crippen LogP contribution is -2.32. The molecule has 0 spiro atoms. The van der Waals surface area contributed by atoms with E-state index in [9.17, 15) is 14.0 Å². The van der Waals surface area contributed by atoms with Crippen molar-refractivity contribution in [3.63, 3.8) is 0 Å². The highest BCUT2D eigenvalue weighted by Gasteiger charge is 2.11. The molecule has 1 unspecified atom stereocenters. The molecule has 1 atom stereocenters. The molecule has 6 heteroatoms. The van der Waals surface area contributed by atoms with Gasteiger partial charge in [-0.15, -0.1) is 0 Å².